The Morgan fingerprint density at radius 2 is 1.07 bits per heavy atom. The van der Waals surface area contributed by atoms with Crippen LogP contribution in [0, 0.1) is 0 Å². The molecular formula is C10H18O4S. The van der Waals surface area contributed by atoms with Crippen molar-refractivity contribution in [2.75, 3.05) is 26.4 Å². The van der Waals surface area contributed by atoms with E-state index in [4.69, 9.17) is 9.47 Å². The lowest BCUT2D eigenvalue weighted by Gasteiger charge is -2.29. The molecule has 0 N–H and O–H groups in total. The predicted molar refractivity (Wildman–Crippen MR) is 56.6 cm³/mol. The second-order valence-corrected chi connectivity index (χ2v) is 6.72. The van der Waals surface area contributed by atoms with Crippen molar-refractivity contribution in [1.29, 1.82) is 0 Å². The first kappa shape index (κ1) is 11.4. The summed E-state index contributed by atoms with van der Waals surface area (Å²) in [6, 6.07) is 0. The van der Waals surface area contributed by atoms with Crippen LogP contribution in [-0.2, 0) is 19.3 Å². The van der Waals surface area contributed by atoms with E-state index in [0.29, 0.717) is 52.1 Å². The maximum atomic E-state index is 12.2. The van der Waals surface area contributed by atoms with Crippen LogP contribution in [0.4, 0.5) is 0 Å². The van der Waals surface area contributed by atoms with Crippen molar-refractivity contribution in [2.45, 2.75) is 36.2 Å². The summed E-state index contributed by atoms with van der Waals surface area (Å²) in [6.07, 6.45) is 2.67. The Bertz CT molecular complexity index is 263. The fourth-order valence-electron chi connectivity index (χ4n) is 2.28. The Kier molecular flexibility index (Phi) is 3.64. The van der Waals surface area contributed by atoms with Gasteiger partial charge in [-0.15, -0.1) is 0 Å². The van der Waals surface area contributed by atoms with E-state index in [1.165, 1.54) is 0 Å². The molecule has 2 aliphatic heterocycles. The Morgan fingerprint density at radius 1 is 0.733 bits per heavy atom. The molecule has 0 aliphatic carbocycles. The van der Waals surface area contributed by atoms with E-state index < -0.39 is 9.84 Å². The SMILES string of the molecule is O=S(=O)(C1CCOCC1)C1CCOCC1. The molecule has 88 valence electrons. The lowest BCUT2D eigenvalue weighted by atomic mass is 10.2. The molecule has 0 aromatic heterocycles. The summed E-state index contributed by atoms with van der Waals surface area (Å²) >= 11 is 0. The van der Waals surface area contributed by atoms with Crippen LogP contribution in [0.5, 0.6) is 0 Å². The Morgan fingerprint density at radius 3 is 1.40 bits per heavy atom. The third kappa shape index (κ3) is 2.52. The molecule has 2 rings (SSSR count). The molecule has 4 nitrogen and oxygen atoms in total. The molecular weight excluding hydrogens is 216 g/mol. The van der Waals surface area contributed by atoms with E-state index >= 15 is 0 Å². The van der Waals surface area contributed by atoms with Gasteiger partial charge in [0.05, 0.1) is 10.5 Å². The van der Waals surface area contributed by atoms with Crippen molar-refractivity contribution in [3.63, 3.8) is 0 Å². The van der Waals surface area contributed by atoms with E-state index in [-0.39, 0.29) is 10.5 Å². The first-order chi connectivity index (χ1) is 7.21. The van der Waals surface area contributed by atoms with Crippen LogP contribution in [0.3, 0.4) is 0 Å². The van der Waals surface area contributed by atoms with Crippen molar-refractivity contribution in [2.24, 2.45) is 0 Å². The van der Waals surface area contributed by atoms with E-state index in [9.17, 15) is 8.42 Å². The topological polar surface area (TPSA) is 52.6 Å². The van der Waals surface area contributed by atoms with Crippen molar-refractivity contribution in [1.82, 2.24) is 0 Å². The summed E-state index contributed by atoms with van der Waals surface area (Å²) in [5.74, 6) is 0. The van der Waals surface area contributed by atoms with Crippen molar-refractivity contribution < 1.29 is 17.9 Å². The monoisotopic (exact) mass is 234 g/mol. The number of hydrogen-bond acceptors (Lipinski definition) is 4. The highest BCUT2D eigenvalue weighted by Gasteiger charge is 2.35. The fraction of sp³-hybridized carbons (Fsp3) is 1.00. The fourth-order valence-corrected chi connectivity index (χ4v) is 4.52. The Labute approximate surface area is 90.9 Å². The molecule has 2 aliphatic rings. The maximum Gasteiger partial charge on any atom is 0.156 e. The van der Waals surface area contributed by atoms with Gasteiger partial charge in [0.25, 0.3) is 0 Å². The van der Waals surface area contributed by atoms with Crippen LogP contribution in [0.25, 0.3) is 0 Å². The lowest BCUT2D eigenvalue weighted by molar-refractivity contribution is 0.0921. The molecule has 0 aromatic rings. The van der Waals surface area contributed by atoms with E-state index in [2.05, 4.69) is 0 Å². The summed E-state index contributed by atoms with van der Waals surface area (Å²) in [7, 11) is -2.95. The van der Waals surface area contributed by atoms with Gasteiger partial charge in [-0.2, -0.15) is 0 Å². The summed E-state index contributed by atoms with van der Waals surface area (Å²) in [4.78, 5) is 0. The van der Waals surface area contributed by atoms with Crippen LogP contribution >= 0.6 is 0 Å². The third-order valence-electron chi connectivity index (χ3n) is 3.27. The molecule has 0 radical (unpaired) electrons. The van der Waals surface area contributed by atoms with Gasteiger partial charge in [0.2, 0.25) is 0 Å². The highest BCUT2D eigenvalue weighted by atomic mass is 32.2. The third-order valence-corrected chi connectivity index (χ3v) is 6.07. The van der Waals surface area contributed by atoms with Crippen LogP contribution in [0.1, 0.15) is 25.7 Å². The lowest BCUT2D eigenvalue weighted by Crippen LogP contribution is -2.39. The number of ether oxygens (including phenoxy) is 2. The van der Waals surface area contributed by atoms with Gasteiger partial charge < -0.3 is 9.47 Å². The van der Waals surface area contributed by atoms with Crippen LogP contribution in [0.15, 0.2) is 0 Å². The molecule has 2 saturated heterocycles. The average Bonchev–Trinajstić information content (AvgIpc) is 2.31. The molecule has 0 amide bonds. The molecule has 5 heteroatoms. The summed E-state index contributed by atoms with van der Waals surface area (Å²) in [6.45, 7) is 2.36. The second-order valence-electron chi connectivity index (χ2n) is 4.21. The maximum absolute atomic E-state index is 12.2. The normalized spacial score (nSPS) is 26.7. The van der Waals surface area contributed by atoms with Gasteiger partial charge in [-0.05, 0) is 25.7 Å². The van der Waals surface area contributed by atoms with Gasteiger partial charge in [0.1, 0.15) is 0 Å². The molecule has 15 heavy (non-hydrogen) atoms. The number of hydrogen-bond donors (Lipinski definition) is 0. The van der Waals surface area contributed by atoms with Crippen LogP contribution in [-0.4, -0.2) is 45.3 Å². The minimum Gasteiger partial charge on any atom is -0.381 e. The first-order valence-electron chi connectivity index (χ1n) is 5.59. The number of sulfone groups is 1. The van der Waals surface area contributed by atoms with Gasteiger partial charge in [0, 0.05) is 26.4 Å². The molecule has 0 aromatic carbocycles. The zero-order valence-electron chi connectivity index (χ0n) is 8.85. The molecule has 2 fully saturated rings. The Balaban J connectivity index is 2.03. The summed E-state index contributed by atoms with van der Waals surface area (Å²) in [5, 5.41) is -0.344. The van der Waals surface area contributed by atoms with Crippen molar-refractivity contribution in [3.8, 4) is 0 Å². The summed E-state index contributed by atoms with van der Waals surface area (Å²) < 4.78 is 34.8. The minimum atomic E-state index is -2.95. The van der Waals surface area contributed by atoms with Gasteiger partial charge in [0.15, 0.2) is 9.84 Å². The molecule has 0 saturated carbocycles. The van der Waals surface area contributed by atoms with Crippen LogP contribution < -0.4 is 0 Å². The molecule has 0 unspecified atom stereocenters. The largest absolute Gasteiger partial charge is 0.381 e. The van der Waals surface area contributed by atoms with Gasteiger partial charge >= 0.3 is 0 Å². The molecule has 0 spiro atoms. The van der Waals surface area contributed by atoms with E-state index in [1.807, 2.05) is 0 Å². The predicted octanol–water partition coefficient (Wildman–Crippen LogP) is 0.759. The first-order valence-corrected chi connectivity index (χ1v) is 7.20. The van der Waals surface area contributed by atoms with E-state index in [0.717, 1.165) is 0 Å². The smallest absolute Gasteiger partial charge is 0.156 e. The van der Waals surface area contributed by atoms with E-state index in [1.54, 1.807) is 0 Å². The Hall–Kier alpha value is -0.130. The molecule has 2 heterocycles. The highest BCUT2D eigenvalue weighted by Crippen LogP contribution is 2.25. The quantitative estimate of drug-likeness (QED) is 0.708. The van der Waals surface area contributed by atoms with Gasteiger partial charge in [-0.3, -0.25) is 0 Å². The van der Waals surface area contributed by atoms with Crippen LogP contribution in [0.2, 0.25) is 0 Å². The zero-order chi connectivity index (χ0) is 10.7. The van der Waals surface area contributed by atoms with Crippen molar-refractivity contribution >= 4 is 9.84 Å². The minimum absolute atomic E-state index is 0.172. The standard InChI is InChI=1S/C10H18O4S/c11-15(12,9-1-5-13-6-2-9)10-3-7-14-8-4-10/h9-10H,1-8H2. The average molecular weight is 234 g/mol. The van der Waals surface area contributed by atoms with Gasteiger partial charge in [-0.25, -0.2) is 8.42 Å². The second kappa shape index (κ2) is 4.80. The molecule has 0 bridgehead atoms. The van der Waals surface area contributed by atoms with Crippen molar-refractivity contribution in [3.05, 3.63) is 0 Å². The zero-order valence-corrected chi connectivity index (χ0v) is 9.67. The summed E-state index contributed by atoms with van der Waals surface area (Å²) in [5.41, 5.74) is 0. The highest BCUT2D eigenvalue weighted by molar-refractivity contribution is 7.92. The van der Waals surface area contributed by atoms with Gasteiger partial charge in [-0.1, -0.05) is 0 Å². The number of rotatable bonds is 2. The molecule has 0 atom stereocenters.